The molecule has 1 fully saturated rings. The first-order valence-electron chi connectivity index (χ1n) is 8.35. The van der Waals surface area contributed by atoms with E-state index in [2.05, 4.69) is 19.2 Å². The lowest BCUT2D eigenvalue weighted by Crippen LogP contribution is -2.42. The molecule has 0 spiro atoms. The van der Waals surface area contributed by atoms with Crippen LogP contribution in [0.5, 0.6) is 0 Å². The molecule has 3 atom stereocenters. The molecule has 6 nitrogen and oxygen atoms in total. The van der Waals surface area contributed by atoms with Gasteiger partial charge in [0.15, 0.2) is 0 Å². The monoisotopic (exact) mass is 389 g/mol. The molecule has 8 heteroatoms. The van der Waals surface area contributed by atoms with E-state index in [-0.39, 0.29) is 29.3 Å². The van der Waals surface area contributed by atoms with Crippen molar-refractivity contribution in [3.63, 3.8) is 0 Å². The number of sulfonamides is 1. The Bertz CT molecular complexity index is 669. The second kappa shape index (κ2) is 8.98. The van der Waals surface area contributed by atoms with Crippen molar-refractivity contribution >= 4 is 28.3 Å². The van der Waals surface area contributed by atoms with E-state index in [0.717, 1.165) is 6.42 Å². The first-order chi connectivity index (χ1) is 11.2. The number of nitrogens with one attached hydrogen (secondary N) is 1. The fraction of sp³-hybridized carbons (Fsp3) is 0.588. The number of piperidine rings is 1. The molecule has 0 aliphatic carbocycles. The van der Waals surface area contributed by atoms with Crippen molar-refractivity contribution in [2.24, 2.45) is 17.6 Å². The van der Waals surface area contributed by atoms with Crippen LogP contribution in [0.1, 0.15) is 37.6 Å². The van der Waals surface area contributed by atoms with Gasteiger partial charge in [-0.1, -0.05) is 13.8 Å². The number of hydrogen-bond donors (Lipinski definition) is 2. The summed E-state index contributed by atoms with van der Waals surface area (Å²) in [5, 5.41) is 2.76. The highest BCUT2D eigenvalue weighted by molar-refractivity contribution is 7.89. The van der Waals surface area contributed by atoms with Crippen LogP contribution >= 0.6 is 12.4 Å². The summed E-state index contributed by atoms with van der Waals surface area (Å²) in [5.74, 6) is 0.453. The van der Waals surface area contributed by atoms with Gasteiger partial charge in [0.2, 0.25) is 10.0 Å². The van der Waals surface area contributed by atoms with Crippen LogP contribution in [0.2, 0.25) is 0 Å². The molecule has 25 heavy (non-hydrogen) atoms. The number of rotatable bonds is 5. The van der Waals surface area contributed by atoms with Gasteiger partial charge in [-0.2, -0.15) is 4.31 Å². The standard InChI is InChI=1S/C17H27N3O3S.ClH/c1-12-8-13(2)11-20(10-12)24(22,23)16-6-4-15(5-7-16)17(21)19-14(3)9-18;/h4-7,12-14H,8-11,18H2,1-3H3,(H,19,21);1H/t12?,13?,14-;/m0./s1. The van der Waals surface area contributed by atoms with E-state index in [9.17, 15) is 13.2 Å². The Balaban J connectivity index is 0.00000312. The number of nitrogens with zero attached hydrogens (tertiary/aromatic N) is 1. The second-order valence-electron chi connectivity index (χ2n) is 6.90. The van der Waals surface area contributed by atoms with Crippen LogP contribution in [0, 0.1) is 11.8 Å². The van der Waals surface area contributed by atoms with E-state index in [0.29, 0.717) is 37.0 Å². The molecule has 1 aromatic carbocycles. The summed E-state index contributed by atoms with van der Waals surface area (Å²) in [6, 6.07) is 5.96. The molecule has 1 saturated heterocycles. The average molecular weight is 390 g/mol. The van der Waals surface area contributed by atoms with E-state index in [1.165, 1.54) is 12.1 Å². The van der Waals surface area contributed by atoms with Gasteiger partial charge in [0.25, 0.3) is 5.91 Å². The van der Waals surface area contributed by atoms with Crippen LogP contribution in [0.25, 0.3) is 0 Å². The Morgan fingerprint density at radius 1 is 1.24 bits per heavy atom. The lowest BCUT2D eigenvalue weighted by Gasteiger charge is -2.34. The van der Waals surface area contributed by atoms with Gasteiger partial charge in [-0.05, 0) is 49.4 Å². The maximum absolute atomic E-state index is 12.8. The fourth-order valence-electron chi connectivity index (χ4n) is 3.10. The van der Waals surface area contributed by atoms with E-state index >= 15 is 0 Å². The molecule has 3 N–H and O–H groups in total. The highest BCUT2D eigenvalue weighted by atomic mass is 35.5. The van der Waals surface area contributed by atoms with Crippen molar-refractivity contribution in [3.05, 3.63) is 29.8 Å². The minimum atomic E-state index is -3.52. The van der Waals surface area contributed by atoms with Crippen LogP contribution < -0.4 is 11.1 Å². The quantitative estimate of drug-likeness (QED) is 0.803. The molecule has 0 saturated carbocycles. The maximum Gasteiger partial charge on any atom is 0.251 e. The summed E-state index contributed by atoms with van der Waals surface area (Å²) in [6.45, 7) is 7.40. The molecule has 1 aliphatic heterocycles. The smallest absolute Gasteiger partial charge is 0.251 e. The third-order valence-corrected chi connectivity index (χ3v) is 6.17. The Morgan fingerprint density at radius 2 is 1.76 bits per heavy atom. The van der Waals surface area contributed by atoms with Gasteiger partial charge in [-0.3, -0.25) is 4.79 Å². The van der Waals surface area contributed by atoms with Gasteiger partial charge in [0.1, 0.15) is 0 Å². The van der Waals surface area contributed by atoms with E-state index in [4.69, 9.17) is 5.73 Å². The Kier molecular flexibility index (Phi) is 7.87. The Hall–Kier alpha value is -1.15. The van der Waals surface area contributed by atoms with Crippen molar-refractivity contribution in [2.45, 2.75) is 38.1 Å². The normalized spacial score (nSPS) is 22.7. The van der Waals surface area contributed by atoms with E-state index < -0.39 is 10.0 Å². The van der Waals surface area contributed by atoms with Gasteiger partial charge in [0, 0.05) is 31.2 Å². The molecule has 2 rings (SSSR count). The molecule has 2 unspecified atom stereocenters. The van der Waals surface area contributed by atoms with Crippen LogP contribution in [-0.4, -0.2) is 44.3 Å². The van der Waals surface area contributed by atoms with Crippen molar-refractivity contribution in [3.8, 4) is 0 Å². The zero-order valence-corrected chi connectivity index (χ0v) is 16.6. The predicted octanol–water partition coefficient (Wildman–Crippen LogP) is 1.85. The SMILES string of the molecule is CC1CC(C)CN(S(=O)(=O)c2ccc(C(=O)N[C@@H](C)CN)cc2)C1.Cl. The number of hydrogen-bond acceptors (Lipinski definition) is 4. The minimum Gasteiger partial charge on any atom is -0.348 e. The Morgan fingerprint density at radius 3 is 2.24 bits per heavy atom. The first-order valence-corrected chi connectivity index (χ1v) is 9.79. The molecule has 142 valence electrons. The van der Waals surface area contributed by atoms with Crippen LogP contribution in [0.4, 0.5) is 0 Å². The van der Waals surface area contributed by atoms with Crippen molar-refractivity contribution in [2.75, 3.05) is 19.6 Å². The summed E-state index contributed by atoms with van der Waals surface area (Å²) in [6.07, 6.45) is 1.05. The molecular weight excluding hydrogens is 362 g/mol. The van der Waals surface area contributed by atoms with Crippen LogP contribution in [0.15, 0.2) is 29.2 Å². The third kappa shape index (κ3) is 5.41. The number of amides is 1. The van der Waals surface area contributed by atoms with Gasteiger partial charge in [-0.25, -0.2) is 8.42 Å². The Labute approximate surface area is 156 Å². The number of nitrogens with two attached hydrogens (primary N) is 1. The first kappa shape index (κ1) is 21.9. The summed E-state index contributed by atoms with van der Waals surface area (Å²) in [7, 11) is -3.52. The fourth-order valence-corrected chi connectivity index (χ4v) is 4.78. The van der Waals surface area contributed by atoms with Crippen LogP contribution in [-0.2, 0) is 10.0 Å². The zero-order valence-electron chi connectivity index (χ0n) is 14.9. The van der Waals surface area contributed by atoms with Crippen LogP contribution in [0.3, 0.4) is 0 Å². The van der Waals surface area contributed by atoms with Crippen molar-refractivity contribution < 1.29 is 13.2 Å². The third-order valence-electron chi connectivity index (χ3n) is 4.32. The van der Waals surface area contributed by atoms with Crippen molar-refractivity contribution in [1.82, 2.24) is 9.62 Å². The highest BCUT2D eigenvalue weighted by Crippen LogP contribution is 2.26. The lowest BCUT2D eigenvalue weighted by molar-refractivity contribution is 0.0941. The summed E-state index contributed by atoms with van der Waals surface area (Å²) >= 11 is 0. The predicted molar refractivity (Wildman–Crippen MR) is 101 cm³/mol. The summed E-state index contributed by atoms with van der Waals surface area (Å²) in [5.41, 5.74) is 5.91. The molecule has 0 bridgehead atoms. The van der Waals surface area contributed by atoms with Gasteiger partial charge in [0.05, 0.1) is 4.90 Å². The highest BCUT2D eigenvalue weighted by Gasteiger charge is 2.31. The summed E-state index contributed by atoms with van der Waals surface area (Å²) in [4.78, 5) is 12.3. The molecule has 0 radical (unpaired) electrons. The van der Waals surface area contributed by atoms with Gasteiger partial charge in [-0.15, -0.1) is 12.4 Å². The molecule has 0 aromatic heterocycles. The molecule has 1 heterocycles. The number of benzene rings is 1. The van der Waals surface area contributed by atoms with Gasteiger partial charge >= 0.3 is 0 Å². The maximum atomic E-state index is 12.8. The number of carbonyl (C=O) groups is 1. The number of carbonyl (C=O) groups excluding carboxylic acids is 1. The van der Waals surface area contributed by atoms with E-state index in [1.54, 1.807) is 16.4 Å². The molecule has 1 aliphatic rings. The number of halogens is 1. The zero-order chi connectivity index (χ0) is 17.9. The largest absolute Gasteiger partial charge is 0.348 e. The lowest BCUT2D eigenvalue weighted by atomic mass is 9.94. The minimum absolute atomic E-state index is 0. The second-order valence-corrected chi connectivity index (χ2v) is 8.84. The topological polar surface area (TPSA) is 92.5 Å². The molecule has 1 aromatic rings. The van der Waals surface area contributed by atoms with E-state index in [1.807, 2.05) is 6.92 Å². The van der Waals surface area contributed by atoms with Crippen molar-refractivity contribution in [1.29, 1.82) is 0 Å². The molecule has 1 amide bonds. The average Bonchev–Trinajstić information content (AvgIpc) is 2.53. The molecular formula is C17H28ClN3O3S. The summed E-state index contributed by atoms with van der Waals surface area (Å²) < 4.78 is 27.1. The van der Waals surface area contributed by atoms with Gasteiger partial charge < -0.3 is 11.1 Å².